The number of hydrogen-bond donors (Lipinski definition) is 3. The van der Waals surface area contributed by atoms with E-state index in [1.165, 1.54) is 29.3 Å². The minimum atomic E-state index is -0.464. The fraction of sp³-hybridized carbons (Fsp3) is 0.458. The van der Waals surface area contributed by atoms with Crippen molar-refractivity contribution < 1.29 is 19.0 Å². The predicted molar refractivity (Wildman–Crippen MR) is 127 cm³/mol. The predicted octanol–water partition coefficient (Wildman–Crippen LogP) is 2.63. The summed E-state index contributed by atoms with van der Waals surface area (Å²) in [5, 5.41) is 21.1. The van der Waals surface area contributed by atoms with E-state index in [-0.39, 0.29) is 48.7 Å². The van der Waals surface area contributed by atoms with Crippen molar-refractivity contribution in [1.82, 2.24) is 15.1 Å². The quantitative estimate of drug-likeness (QED) is 0.592. The molecule has 34 heavy (non-hydrogen) atoms. The number of ether oxygens (including phenoxy) is 1. The molecule has 3 N–H and O–H groups in total. The van der Waals surface area contributed by atoms with Gasteiger partial charge in [0, 0.05) is 42.7 Å². The maximum Gasteiger partial charge on any atom is 0.258 e. The van der Waals surface area contributed by atoms with Crippen LogP contribution in [0.4, 0.5) is 4.39 Å². The molecule has 4 aliphatic heterocycles. The van der Waals surface area contributed by atoms with E-state index in [9.17, 15) is 14.3 Å². The zero-order valence-electron chi connectivity index (χ0n) is 18.6. The summed E-state index contributed by atoms with van der Waals surface area (Å²) in [5.74, 6) is -0.0513. The van der Waals surface area contributed by atoms with Crippen LogP contribution >= 0.6 is 11.6 Å². The van der Waals surface area contributed by atoms with Crippen LogP contribution < -0.4 is 10.1 Å². The Morgan fingerprint density at radius 3 is 2.74 bits per heavy atom. The first-order chi connectivity index (χ1) is 16.4. The van der Waals surface area contributed by atoms with Crippen LogP contribution in [0.25, 0.3) is 0 Å². The van der Waals surface area contributed by atoms with Gasteiger partial charge in [0.05, 0.1) is 36.0 Å². The molecule has 4 heterocycles. The number of hydrogen-bond acceptors (Lipinski definition) is 7. The van der Waals surface area contributed by atoms with Gasteiger partial charge in [-0.1, -0.05) is 11.6 Å². The SMILES string of the molecule is N=C1CN(C(=O)c2ccc(F)cc2O[C@H]2C[C@H]3CC[C@@H](C2)N3CCO)C/C1=C1\N=CC(Cl)=CN1. The monoisotopic (exact) mass is 487 g/mol. The first-order valence-electron chi connectivity index (χ1n) is 11.5. The van der Waals surface area contributed by atoms with Gasteiger partial charge in [0.25, 0.3) is 5.91 Å². The average molecular weight is 488 g/mol. The van der Waals surface area contributed by atoms with Gasteiger partial charge < -0.3 is 25.5 Å². The standard InChI is InChI=1S/C24H27ClFN5O3/c25-14-10-28-23(29-11-14)20-12-30(13-21(20)27)24(33)19-4-1-15(26)7-22(19)34-18-8-16-2-3-17(9-18)31(16)5-6-32/h1,4,7,10-11,16-18,27-28,32H,2-3,5-6,8-9,12-13H2/b23-20+,27-21?/t16-,17+,18+. The van der Waals surface area contributed by atoms with E-state index in [1.54, 1.807) is 6.20 Å². The number of fused-ring (bicyclic) bond motifs is 2. The van der Waals surface area contributed by atoms with Crippen molar-refractivity contribution in [3.8, 4) is 5.75 Å². The number of aliphatic imine (C=N–C) groups is 1. The lowest BCUT2D eigenvalue weighted by Crippen LogP contribution is -2.47. The molecule has 0 saturated carbocycles. The van der Waals surface area contributed by atoms with Crippen molar-refractivity contribution in [3.63, 3.8) is 0 Å². The third kappa shape index (κ3) is 4.47. The molecule has 8 nitrogen and oxygen atoms in total. The molecule has 0 unspecified atom stereocenters. The summed E-state index contributed by atoms with van der Waals surface area (Å²) in [5.41, 5.74) is 1.19. The molecule has 5 rings (SSSR count). The van der Waals surface area contributed by atoms with E-state index in [0.29, 0.717) is 35.1 Å². The molecule has 3 fully saturated rings. The zero-order chi connectivity index (χ0) is 23.8. The van der Waals surface area contributed by atoms with Crippen molar-refractivity contribution in [2.75, 3.05) is 26.2 Å². The summed E-state index contributed by atoms with van der Waals surface area (Å²) < 4.78 is 20.4. The smallest absolute Gasteiger partial charge is 0.258 e. The molecule has 0 radical (unpaired) electrons. The van der Waals surface area contributed by atoms with Gasteiger partial charge in [0.2, 0.25) is 0 Å². The van der Waals surface area contributed by atoms with Gasteiger partial charge in [-0.2, -0.15) is 0 Å². The van der Waals surface area contributed by atoms with Crippen molar-refractivity contribution >= 4 is 29.4 Å². The molecular formula is C24H27ClFN5O3. The molecule has 10 heteroatoms. The highest BCUT2D eigenvalue weighted by atomic mass is 35.5. The number of likely N-dealkylation sites (tertiary alicyclic amines) is 1. The topological polar surface area (TPSA) is 101 Å². The number of amides is 1. The Balaban J connectivity index is 1.33. The normalized spacial score (nSPS) is 28.8. The Labute approximate surface area is 202 Å². The first kappa shape index (κ1) is 23.0. The number of nitrogens with one attached hydrogen (secondary N) is 2. The van der Waals surface area contributed by atoms with Gasteiger partial charge in [-0.05, 0) is 37.8 Å². The number of benzene rings is 1. The van der Waals surface area contributed by atoms with Crippen LogP contribution in [0.15, 0.2) is 45.8 Å². The molecular weight excluding hydrogens is 461 g/mol. The third-order valence-electron chi connectivity index (χ3n) is 6.97. The van der Waals surface area contributed by atoms with Crippen LogP contribution in [-0.2, 0) is 0 Å². The number of nitrogens with zero attached hydrogens (tertiary/aromatic N) is 3. The first-order valence-corrected chi connectivity index (χ1v) is 11.9. The summed E-state index contributed by atoms with van der Waals surface area (Å²) >= 11 is 5.89. The molecule has 0 aliphatic carbocycles. The lowest BCUT2D eigenvalue weighted by molar-refractivity contribution is 0.0382. The van der Waals surface area contributed by atoms with Gasteiger partial charge in [-0.3, -0.25) is 9.69 Å². The van der Waals surface area contributed by atoms with Crippen molar-refractivity contribution in [1.29, 1.82) is 5.41 Å². The van der Waals surface area contributed by atoms with Crippen LogP contribution in [0.5, 0.6) is 5.75 Å². The summed E-state index contributed by atoms with van der Waals surface area (Å²) in [6, 6.07) is 4.66. The number of carbonyl (C=O) groups excluding carboxylic acids is 1. The number of piperidine rings is 1. The second-order valence-corrected chi connectivity index (χ2v) is 9.53. The highest BCUT2D eigenvalue weighted by Crippen LogP contribution is 2.38. The second-order valence-electron chi connectivity index (χ2n) is 9.10. The fourth-order valence-electron chi connectivity index (χ4n) is 5.41. The highest BCUT2D eigenvalue weighted by molar-refractivity contribution is 6.39. The van der Waals surface area contributed by atoms with Gasteiger partial charge in [-0.15, -0.1) is 0 Å². The maximum atomic E-state index is 14.1. The van der Waals surface area contributed by atoms with E-state index < -0.39 is 5.82 Å². The van der Waals surface area contributed by atoms with Crippen molar-refractivity contribution in [2.45, 2.75) is 43.9 Å². The molecule has 1 aromatic carbocycles. The fourth-order valence-corrected chi connectivity index (χ4v) is 5.52. The summed E-state index contributed by atoms with van der Waals surface area (Å²) in [7, 11) is 0. The Hall–Kier alpha value is -2.75. The Kier molecular flexibility index (Phi) is 6.42. The van der Waals surface area contributed by atoms with Crippen molar-refractivity contribution in [2.24, 2.45) is 4.99 Å². The van der Waals surface area contributed by atoms with E-state index in [2.05, 4.69) is 15.2 Å². The second kappa shape index (κ2) is 9.48. The molecule has 180 valence electrons. The van der Waals surface area contributed by atoms with E-state index in [0.717, 1.165) is 25.7 Å². The lowest BCUT2D eigenvalue weighted by atomic mass is 9.99. The highest BCUT2D eigenvalue weighted by Gasteiger charge is 2.41. The minimum Gasteiger partial charge on any atom is -0.489 e. The number of rotatable bonds is 5. The number of carbonyl (C=O) groups is 1. The summed E-state index contributed by atoms with van der Waals surface area (Å²) in [6.07, 6.45) is 6.64. The minimum absolute atomic E-state index is 0.118. The Bertz CT molecular complexity index is 1090. The molecule has 1 amide bonds. The molecule has 2 bridgehead atoms. The molecule has 1 aromatic rings. The van der Waals surface area contributed by atoms with Crippen LogP contribution in [-0.4, -0.2) is 77.2 Å². The van der Waals surface area contributed by atoms with Gasteiger partial charge in [0.1, 0.15) is 23.5 Å². The summed E-state index contributed by atoms with van der Waals surface area (Å²) in [4.78, 5) is 21.5. The number of aliphatic hydroxyl groups excluding tert-OH is 1. The van der Waals surface area contributed by atoms with Crippen LogP contribution in [0.3, 0.4) is 0 Å². The molecule has 0 spiro atoms. The van der Waals surface area contributed by atoms with E-state index >= 15 is 0 Å². The maximum absolute atomic E-state index is 14.1. The number of aliphatic hydroxyl groups is 1. The Morgan fingerprint density at radius 1 is 1.29 bits per heavy atom. The molecule has 0 aromatic heterocycles. The van der Waals surface area contributed by atoms with Crippen LogP contribution in [0.2, 0.25) is 0 Å². The van der Waals surface area contributed by atoms with Gasteiger partial charge in [-0.25, -0.2) is 9.38 Å². The number of halogens is 2. The number of allylic oxidation sites excluding steroid dienone is 1. The van der Waals surface area contributed by atoms with Crippen LogP contribution in [0, 0.1) is 11.2 Å². The van der Waals surface area contributed by atoms with Crippen molar-refractivity contribution in [3.05, 3.63) is 52.2 Å². The Morgan fingerprint density at radius 2 is 2.06 bits per heavy atom. The lowest BCUT2D eigenvalue weighted by Gasteiger charge is -2.38. The summed E-state index contributed by atoms with van der Waals surface area (Å²) in [6.45, 7) is 1.13. The van der Waals surface area contributed by atoms with Gasteiger partial charge >= 0.3 is 0 Å². The largest absolute Gasteiger partial charge is 0.489 e. The van der Waals surface area contributed by atoms with Gasteiger partial charge in [0.15, 0.2) is 0 Å². The molecule has 4 aliphatic rings. The average Bonchev–Trinajstić information content (AvgIpc) is 3.30. The third-order valence-corrected chi connectivity index (χ3v) is 7.17. The zero-order valence-corrected chi connectivity index (χ0v) is 19.4. The van der Waals surface area contributed by atoms with E-state index in [1.807, 2.05) is 0 Å². The molecule has 3 saturated heterocycles. The molecule has 3 atom stereocenters. The van der Waals surface area contributed by atoms with Crippen LogP contribution in [0.1, 0.15) is 36.0 Å². The van der Waals surface area contributed by atoms with E-state index in [4.69, 9.17) is 21.7 Å².